The van der Waals surface area contributed by atoms with Crippen LogP contribution in [0.4, 0.5) is 15.3 Å². The van der Waals surface area contributed by atoms with Crippen molar-refractivity contribution in [2.75, 3.05) is 24.6 Å². The molecular weight excluding hydrogens is 350 g/mol. The molecule has 1 aromatic rings. The van der Waals surface area contributed by atoms with Crippen molar-refractivity contribution in [3.8, 4) is 0 Å². The van der Waals surface area contributed by atoms with E-state index in [0.29, 0.717) is 25.3 Å². The second-order valence-electron chi connectivity index (χ2n) is 7.87. The van der Waals surface area contributed by atoms with Gasteiger partial charge in [-0.1, -0.05) is 6.07 Å². The van der Waals surface area contributed by atoms with E-state index in [-0.39, 0.29) is 6.61 Å². The number of hydrogen-bond donors (Lipinski definition) is 1. The lowest BCUT2D eigenvalue weighted by Gasteiger charge is -2.26. The molecule has 0 saturated carbocycles. The van der Waals surface area contributed by atoms with Crippen molar-refractivity contribution in [3.63, 3.8) is 0 Å². The van der Waals surface area contributed by atoms with Crippen LogP contribution in [0.15, 0.2) is 18.2 Å². The third-order valence-corrected chi connectivity index (χ3v) is 4.44. The Morgan fingerprint density at radius 3 is 2.85 bits per heavy atom. The van der Waals surface area contributed by atoms with E-state index in [1.54, 1.807) is 4.90 Å². The lowest BCUT2D eigenvalue weighted by molar-refractivity contribution is -0.118. The van der Waals surface area contributed by atoms with Gasteiger partial charge in [0.2, 0.25) is 6.41 Å². The van der Waals surface area contributed by atoms with E-state index in [1.807, 2.05) is 39.0 Å². The minimum Gasteiger partial charge on any atom is -0.446 e. The molecule has 1 aromatic carbocycles. The largest absolute Gasteiger partial charge is 0.446 e. The topological polar surface area (TPSA) is 88.2 Å². The lowest BCUT2D eigenvalue weighted by atomic mass is 9.99. The molecule has 27 heavy (non-hydrogen) atoms. The van der Waals surface area contributed by atoms with Gasteiger partial charge in [0.15, 0.2) is 6.10 Å². The number of carbonyl (C=O) groups excluding carboxylic acids is 3. The Hall–Kier alpha value is -2.77. The summed E-state index contributed by atoms with van der Waals surface area (Å²) in [6.07, 6.45) is 0.113. The highest BCUT2D eigenvalue weighted by atomic mass is 16.6. The number of benzene rings is 1. The summed E-state index contributed by atoms with van der Waals surface area (Å²) < 4.78 is 10.5. The monoisotopic (exact) mass is 375 g/mol. The van der Waals surface area contributed by atoms with E-state index < -0.39 is 23.8 Å². The van der Waals surface area contributed by atoms with Crippen molar-refractivity contribution < 1.29 is 23.9 Å². The Kier molecular flexibility index (Phi) is 5.25. The van der Waals surface area contributed by atoms with Crippen LogP contribution in [-0.4, -0.2) is 54.8 Å². The van der Waals surface area contributed by atoms with Gasteiger partial charge in [-0.25, -0.2) is 9.59 Å². The van der Waals surface area contributed by atoms with Gasteiger partial charge in [0.1, 0.15) is 6.61 Å². The second kappa shape index (κ2) is 7.46. The minimum atomic E-state index is -0.542. The van der Waals surface area contributed by atoms with Crippen LogP contribution in [0, 0.1) is 0 Å². The highest BCUT2D eigenvalue weighted by molar-refractivity contribution is 5.90. The van der Waals surface area contributed by atoms with Crippen LogP contribution in [0.2, 0.25) is 0 Å². The van der Waals surface area contributed by atoms with Crippen LogP contribution >= 0.6 is 0 Å². The molecule has 2 heterocycles. The van der Waals surface area contributed by atoms with Crippen LogP contribution < -0.4 is 10.2 Å². The van der Waals surface area contributed by atoms with Gasteiger partial charge < -0.3 is 19.7 Å². The molecule has 146 valence electrons. The van der Waals surface area contributed by atoms with Gasteiger partial charge in [0, 0.05) is 24.3 Å². The molecule has 0 aromatic heterocycles. The number of amides is 3. The van der Waals surface area contributed by atoms with E-state index in [4.69, 9.17) is 9.47 Å². The molecule has 0 unspecified atom stereocenters. The molecule has 2 aliphatic heterocycles. The third kappa shape index (κ3) is 4.69. The zero-order valence-electron chi connectivity index (χ0n) is 15.9. The molecule has 2 aliphatic rings. The first-order valence-corrected chi connectivity index (χ1v) is 8.99. The lowest BCUT2D eigenvalue weighted by Crippen LogP contribution is -2.42. The Morgan fingerprint density at radius 2 is 2.15 bits per heavy atom. The fourth-order valence-electron chi connectivity index (χ4n) is 3.15. The first-order chi connectivity index (χ1) is 12.7. The summed E-state index contributed by atoms with van der Waals surface area (Å²) in [5, 5.41) is 2.69. The fraction of sp³-hybridized carbons (Fsp3) is 0.526. The Morgan fingerprint density at radius 1 is 1.37 bits per heavy atom. The van der Waals surface area contributed by atoms with E-state index in [2.05, 4.69) is 5.32 Å². The van der Waals surface area contributed by atoms with Crippen molar-refractivity contribution in [1.29, 1.82) is 0 Å². The molecule has 8 nitrogen and oxygen atoms in total. The molecule has 0 spiro atoms. The van der Waals surface area contributed by atoms with Gasteiger partial charge in [-0.3, -0.25) is 9.69 Å². The van der Waals surface area contributed by atoms with E-state index in [9.17, 15) is 14.4 Å². The van der Waals surface area contributed by atoms with E-state index >= 15 is 0 Å². The second-order valence-corrected chi connectivity index (χ2v) is 7.87. The highest BCUT2D eigenvalue weighted by Crippen LogP contribution is 2.27. The number of rotatable bonds is 4. The molecule has 1 N–H and O–H groups in total. The minimum absolute atomic E-state index is 0.00594. The van der Waals surface area contributed by atoms with Gasteiger partial charge >= 0.3 is 12.2 Å². The highest BCUT2D eigenvalue weighted by Gasteiger charge is 2.34. The van der Waals surface area contributed by atoms with Crippen molar-refractivity contribution in [3.05, 3.63) is 29.3 Å². The number of hydrogen-bond acceptors (Lipinski definition) is 5. The predicted molar refractivity (Wildman–Crippen MR) is 98.5 cm³/mol. The maximum absolute atomic E-state index is 12.2. The van der Waals surface area contributed by atoms with Crippen molar-refractivity contribution in [2.45, 2.75) is 45.4 Å². The normalized spacial score (nSPS) is 19.4. The molecule has 1 atom stereocenters. The summed E-state index contributed by atoms with van der Waals surface area (Å²) in [6.45, 7) is 7.10. The van der Waals surface area contributed by atoms with E-state index in [0.717, 1.165) is 18.4 Å². The molecule has 3 amide bonds. The summed E-state index contributed by atoms with van der Waals surface area (Å²) in [7, 11) is 0. The summed E-state index contributed by atoms with van der Waals surface area (Å²) >= 11 is 0. The van der Waals surface area contributed by atoms with Crippen LogP contribution in [0.5, 0.6) is 0 Å². The fourth-order valence-corrected chi connectivity index (χ4v) is 3.15. The number of nitrogens with one attached hydrogen (secondary N) is 1. The van der Waals surface area contributed by atoms with Crippen LogP contribution in [-0.2, 0) is 27.2 Å². The Labute approximate surface area is 158 Å². The van der Waals surface area contributed by atoms with Gasteiger partial charge in [0.25, 0.3) is 0 Å². The Bertz CT molecular complexity index is 743. The van der Waals surface area contributed by atoms with Crippen LogP contribution in [0.1, 0.15) is 31.9 Å². The van der Waals surface area contributed by atoms with Crippen LogP contribution in [0.25, 0.3) is 0 Å². The Balaban J connectivity index is 1.61. The van der Waals surface area contributed by atoms with Gasteiger partial charge in [-0.15, -0.1) is 0 Å². The maximum Gasteiger partial charge on any atom is 0.414 e. The molecular formula is C19H25N3O5. The summed E-state index contributed by atoms with van der Waals surface area (Å²) in [6, 6.07) is 5.79. The molecule has 0 bridgehead atoms. The van der Waals surface area contributed by atoms with Gasteiger partial charge in [-0.05, 0) is 50.5 Å². The molecule has 1 fully saturated rings. The quantitative estimate of drug-likeness (QED) is 0.814. The van der Waals surface area contributed by atoms with Gasteiger partial charge in [0.05, 0.1) is 6.54 Å². The molecule has 1 saturated heterocycles. The first kappa shape index (κ1) is 19.0. The number of alkyl carbamates (subject to hydrolysis) is 1. The number of nitrogens with zero attached hydrogens (tertiary/aromatic N) is 2. The molecule has 0 aliphatic carbocycles. The smallest absolute Gasteiger partial charge is 0.414 e. The predicted octanol–water partition coefficient (Wildman–Crippen LogP) is 2.05. The summed E-state index contributed by atoms with van der Waals surface area (Å²) in [5.41, 5.74) is 2.53. The number of anilines is 1. The van der Waals surface area contributed by atoms with Crippen molar-refractivity contribution in [1.82, 2.24) is 10.2 Å². The van der Waals surface area contributed by atoms with Crippen molar-refractivity contribution in [2.24, 2.45) is 0 Å². The molecule has 3 rings (SSSR count). The SMILES string of the molecule is CC(C)(C)NC(=O)OC[C@@H]1CN(c2ccc3c(c2)CN(C=O)CC3)C(=O)O1. The summed E-state index contributed by atoms with van der Waals surface area (Å²) in [5.74, 6) is 0. The number of ether oxygens (including phenoxy) is 2. The standard InChI is InChI=1S/C19H25N3O5/c1-19(2,3)20-17(24)26-11-16-10-22(18(25)27-16)15-5-4-13-6-7-21(12-23)9-14(13)8-15/h4-5,8,12,16H,6-7,9-11H2,1-3H3,(H,20,24)/t16-/m0/s1. The van der Waals surface area contributed by atoms with E-state index in [1.165, 1.54) is 10.5 Å². The summed E-state index contributed by atoms with van der Waals surface area (Å²) in [4.78, 5) is 38.2. The zero-order valence-corrected chi connectivity index (χ0v) is 15.9. The average molecular weight is 375 g/mol. The number of carbonyl (C=O) groups is 3. The van der Waals surface area contributed by atoms with Gasteiger partial charge in [-0.2, -0.15) is 0 Å². The molecule has 0 radical (unpaired) electrons. The zero-order chi connectivity index (χ0) is 19.6. The number of cyclic esters (lactones) is 1. The maximum atomic E-state index is 12.2. The number of fused-ring (bicyclic) bond motifs is 1. The average Bonchev–Trinajstić information content (AvgIpc) is 2.98. The first-order valence-electron chi connectivity index (χ1n) is 8.99. The van der Waals surface area contributed by atoms with Crippen LogP contribution in [0.3, 0.4) is 0 Å². The molecule has 8 heteroatoms. The third-order valence-electron chi connectivity index (χ3n) is 4.44. The van der Waals surface area contributed by atoms with Crippen molar-refractivity contribution >= 4 is 24.3 Å².